The van der Waals surface area contributed by atoms with E-state index in [1.165, 1.54) is 96.3 Å². The molecule has 0 amide bonds. The van der Waals surface area contributed by atoms with Crippen molar-refractivity contribution in [2.24, 2.45) is 0 Å². The van der Waals surface area contributed by atoms with Gasteiger partial charge < -0.3 is 19.7 Å². The van der Waals surface area contributed by atoms with Gasteiger partial charge in [0.25, 0.3) is 0 Å². The summed E-state index contributed by atoms with van der Waals surface area (Å²) in [6.07, 6.45) is 28.7. The Morgan fingerprint density at radius 1 is 0.707 bits per heavy atom. The maximum absolute atomic E-state index is 12.6. The first kappa shape index (κ1) is 36.2. The second-order valence-corrected chi connectivity index (χ2v) is 12.8. The van der Waals surface area contributed by atoms with Crippen molar-refractivity contribution in [1.82, 2.24) is 0 Å². The number of halogens is 1. The number of carbonyl (C=O) groups is 1. The Bertz CT molecular complexity index is 683. The van der Waals surface area contributed by atoms with E-state index in [0.717, 1.165) is 57.8 Å². The minimum Gasteiger partial charge on any atom is -0.452 e. The fourth-order valence-corrected chi connectivity index (χ4v) is 6.35. The largest absolute Gasteiger partial charge is 0.452 e. The third-order valence-electron chi connectivity index (χ3n) is 9.05. The van der Waals surface area contributed by atoms with Crippen LogP contribution in [0.25, 0.3) is 0 Å². The van der Waals surface area contributed by atoms with Gasteiger partial charge in [-0.05, 0) is 44.6 Å². The lowest BCUT2D eigenvalue weighted by Crippen LogP contribution is -2.31. The molecule has 0 spiro atoms. The van der Waals surface area contributed by atoms with Crippen molar-refractivity contribution in [3.05, 3.63) is 11.6 Å². The van der Waals surface area contributed by atoms with Crippen molar-refractivity contribution < 1.29 is 28.9 Å². The van der Waals surface area contributed by atoms with E-state index in [1.54, 1.807) is 6.08 Å². The average molecular weight is 583 g/mol. The minimum absolute atomic E-state index is 0.0988. The van der Waals surface area contributed by atoms with Crippen molar-refractivity contribution in [2.75, 3.05) is 6.67 Å². The molecule has 6 heteroatoms. The monoisotopic (exact) mass is 582 g/mol. The molecule has 41 heavy (non-hydrogen) atoms. The first-order chi connectivity index (χ1) is 20.0. The number of cyclic esters (lactones) is 1. The van der Waals surface area contributed by atoms with E-state index >= 15 is 0 Å². The topological polar surface area (TPSA) is 76.0 Å². The molecule has 1 saturated heterocycles. The first-order valence-corrected chi connectivity index (χ1v) is 17.5. The summed E-state index contributed by atoms with van der Waals surface area (Å²) in [6.45, 7) is 1.63. The van der Waals surface area contributed by atoms with Gasteiger partial charge in [0.15, 0.2) is 0 Å². The number of hydrogen-bond donors (Lipinski definition) is 2. The summed E-state index contributed by atoms with van der Waals surface area (Å²) in [5.41, 5.74) is 0.647. The quantitative estimate of drug-likeness (QED) is 0.0746. The van der Waals surface area contributed by atoms with Crippen molar-refractivity contribution in [3.63, 3.8) is 0 Å². The molecule has 0 aliphatic carbocycles. The zero-order valence-electron chi connectivity index (χ0n) is 26.3. The van der Waals surface area contributed by atoms with Crippen LogP contribution in [-0.2, 0) is 14.3 Å². The molecule has 0 aromatic carbocycles. The summed E-state index contributed by atoms with van der Waals surface area (Å²) in [5.74, 6) is -0.339. The van der Waals surface area contributed by atoms with Crippen LogP contribution in [0.2, 0.25) is 0 Å². The van der Waals surface area contributed by atoms with Crippen LogP contribution in [0.1, 0.15) is 167 Å². The lowest BCUT2D eigenvalue weighted by atomic mass is 10.00. The maximum atomic E-state index is 12.6. The molecule has 0 radical (unpaired) electrons. The van der Waals surface area contributed by atoms with Gasteiger partial charge in [-0.3, -0.25) is 0 Å². The second kappa shape index (κ2) is 23.5. The molecule has 2 aliphatic rings. The van der Waals surface area contributed by atoms with Crippen LogP contribution in [0.15, 0.2) is 11.6 Å². The molecule has 0 aromatic rings. The minimum atomic E-state index is -0.660. The van der Waals surface area contributed by atoms with E-state index in [9.17, 15) is 19.4 Å². The van der Waals surface area contributed by atoms with Gasteiger partial charge in [0.1, 0.15) is 12.8 Å². The molecule has 1 fully saturated rings. The van der Waals surface area contributed by atoms with Gasteiger partial charge in [-0.15, -0.1) is 0 Å². The van der Waals surface area contributed by atoms with Crippen LogP contribution in [0.4, 0.5) is 4.39 Å². The van der Waals surface area contributed by atoms with E-state index in [-0.39, 0.29) is 24.3 Å². The maximum Gasteiger partial charge on any atom is 0.334 e. The smallest absolute Gasteiger partial charge is 0.334 e. The van der Waals surface area contributed by atoms with Gasteiger partial charge in [-0.25, -0.2) is 9.18 Å². The Balaban J connectivity index is 1.35. The van der Waals surface area contributed by atoms with Crippen LogP contribution >= 0.6 is 0 Å². The van der Waals surface area contributed by atoms with Crippen LogP contribution in [-0.4, -0.2) is 53.4 Å². The summed E-state index contributed by atoms with van der Waals surface area (Å²) in [4.78, 5) is 11.6. The van der Waals surface area contributed by atoms with Gasteiger partial charge in [-0.2, -0.15) is 0 Å². The summed E-state index contributed by atoms with van der Waals surface area (Å²) < 4.78 is 23.6. The van der Waals surface area contributed by atoms with Crippen molar-refractivity contribution in [1.29, 1.82) is 0 Å². The fraction of sp³-hybridized carbons (Fsp3) is 0.914. The highest BCUT2D eigenvalue weighted by molar-refractivity contribution is 5.90. The molecule has 5 nitrogen and oxygen atoms in total. The highest BCUT2D eigenvalue weighted by Gasteiger charge is 2.34. The molecule has 2 rings (SSSR count). The third kappa shape index (κ3) is 16.4. The van der Waals surface area contributed by atoms with E-state index in [2.05, 4.69) is 6.92 Å². The van der Waals surface area contributed by atoms with E-state index in [4.69, 9.17) is 9.47 Å². The lowest BCUT2D eigenvalue weighted by Gasteiger charge is -2.22. The van der Waals surface area contributed by atoms with Gasteiger partial charge in [-0.1, -0.05) is 129 Å². The zero-order chi connectivity index (χ0) is 29.5. The van der Waals surface area contributed by atoms with Crippen molar-refractivity contribution >= 4 is 5.97 Å². The second-order valence-electron chi connectivity index (χ2n) is 12.8. The molecule has 2 aliphatic heterocycles. The molecular weight excluding hydrogens is 519 g/mol. The van der Waals surface area contributed by atoms with Gasteiger partial charge in [0.05, 0.1) is 24.4 Å². The first-order valence-electron chi connectivity index (χ1n) is 17.5. The Morgan fingerprint density at radius 2 is 1.12 bits per heavy atom. The number of aliphatic hydroxyl groups is 2. The number of esters is 1. The highest BCUT2D eigenvalue weighted by atomic mass is 19.1. The molecule has 2 N–H and O–H groups in total. The summed E-state index contributed by atoms with van der Waals surface area (Å²) in [7, 11) is 0. The van der Waals surface area contributed by atoms with E-state index in [1.807, 2.05) is 0 Å². The van der Waals surface area contributed by atoms with Crippen LogP contribution in [0, 0.1) is 0 Å². The van der Waals surface area contributed by atoms with Crippen molar-refractivity contribution in [2.45, 2.75) is 198 Å². The summed E-state index contributed by atoms with van der Waals surface area (Å²) in [6, 6.07) is 0. The summed E-state index contributed by atoms with van der Waals surface area (Å²) in [5, 5.41) is 21.2. The van der Waals surface area contributed by atoms with Gasteiger partial charge >= 0.3 is 5.97 Å². The molecular formula is C35H63FO5. The van der Waals surface area contributed by atoms with Crippen LogP contribution in [0.5, 0.6) is 0 Å². The van der Waals surface area contributed by atoms with Crippen LogP contribution in [0.3, 0.4) is 0 Å². The standard InChI is InChI=1S/C35H63FO5/c1-2-3-4-5-6-7-11-14-17-20-23-31(37)33-25-26-34(41-33)32(38)24-21-18-15-12-9-8-10-13-16-19-22-29-27-30(28-36)40-35(29)39/h27,30-34,37-38H,2-26,28H2,1H3/t30-,31-,32-,33?,34-/m1/s1. The number of unbranched alkanes of at least 4 members (excludes halogenated alkanes) is 18. The number of aliphatic hydroxyl groups excluding tert-OH is 2. The van der Waals surface area contributed by atoms with E-state index in [0.29, 0.717) is 12.0 Å². The number of ether oxygens (including phenoxy) is 2. The zero-order valence-corrected chi connectivity index (χ0v) is 26.3. The number of alkyl halides is 1. The van der Waals surface area contributed by atoms with Crippen molar-refractivity contribution in [3.8, 4) is 0 Å². The Kier molecular flexibility index (Phi) is 20.7. The fourth-order valence-electron chi connectivity index (χ4n) is 6.35. The molecule has 1 unspecified atom stereocenters. The predicted molar refractivity (Wildman–Crippen MR) is 166 cm³/mol. The Hall–Kier alpha value is -0.980. The average Bonchev–Trinajstić information content (AvgIpc) is 3.61. The normalized spacial score (nSPS) is 22.2. The highest BCUT2D eigenvalue weighted by Crippen LogP contribution is 2.28. The Morgan fingerprint density at radius 3 is 1.54 bits per heavy atom. The molecule has 0 saturated carbocycles. The van der Waals surface area contributed by atoms with Crippen LogP contribution < -0.4 is 0 Å². The lowest BCUT2D eigenvalue weighted by molar-refractivity contribution is -0.140. The molecule has 0 bridgehead atoms. The van der Waals surface area contributed by atoms with Gasteiger partial charge in [0.2, 0.25) is 0 Å². The third-order valence-corrected chi connectivity index (χ3v) is 9.05. The number of hydrogen-bond acceptors (Lipinski definition) is 5. The predicted octanol–water partition coefficient (Wildman–Crippen LogP) is 9.07. The van der Waals surface area contributed by atoms with Gasteiger partial charge in [0, 0.05) is 5.57 Å². The number of carbonyl (C=O) groups excluding carboxylic acids is 1. The molecule has 2 heterocycles. The Labute approximate surface area is 251 Å². The summed E-state index contributed by atoms with van der Waals surface area (Å²) >= 11 is 0. The number of rotatable bonds is 27. The molecule has 240 valence electrons. The SMILES string of the molecule is CCCCCCCCCCCC[C@@H](O)C1CC[C@H]([C@H](O)CCCCCCCCCCCCC2=C[C@H](CF)OC2=O)O1. The molecule has 0 aromatic heterocycles. The molecule has 5 atom stereocenters. The van der Waals surface area contributed by atoms with E-state index < -0.39 is 18.9 Å².